The second-order valence-corrected chi connectivity index (χ2v) is 4.76. The molecular formula is C7H13NO2S. The summed E-state index contributed by atoms with van der Waals surface area (Å²) >= 11 is 0. The van der Waals surface area contributed by atoms with Gasteiger partial charge in [-0.3, -0.25) is 0 Å². The number of rotatable bonds is 4. The van der Waals surface area contributed by atoms with E-state index in [1.54, 1.807) is 0 Å². The molecule has 64 valence electrons. The van der Waals surface area contributed by atoms with Gasteiger partial charge >= 0.3 is 0 Å². The second-order valence-electron chi connectivity index (χ2n) is 2.32. The zero-order chi connectivity index (χ0) is 8.91. The van der Waals surface area contributed by atoms with Crippen molar-refractivity contribution in [1.29, 1.82) is 0 Å². The van der Waals surface area contributed by atoms with Gasteiger partial charge in [-0.25, -0.2) is 8.42 Å². The molecule has 2 N–H and O–H groups in total. The average Bonchev–Trinajstić information content (AvgIpc) is 1.99. The lowest BCUT2D eigenvalue weighted by Gasteiger charge is -2.04. The second kappa shape index (κ2) is 4.37. The molecule has 0 heterocycles. The molecule has 0 radical (unpaired) electrons. The number of nitrogens with two attached hydrogens (primary N) is 1. The molecule has 11 heavy (non-hydrogen) atoms. The molecule has 0 aromatic rings. The minimum atomic E-state index is -3.09. The highest BCUT2D eigenvalue weighted by atomic mass is 32.2. The third kappa shape index (κ3) is 3.40. The molecule has 0 aromatic carbocycles. The van der Waals surface area contributed by atoms with Gasteiger partial charge in [0.15, 0.2) is 9.84 Å². The summed E-state index contributed by atoms with van der Waals surface area (Å²) < 4.78 is 22.2. The number of sulfone groups is 1. The first-order valence-corrected chi connectivity index (χ1v) is 5.14. The molecule has 0 aliphatic heterocycles. The summed E-state index contributed by atoms with van der Waals surface area (Å²) in [6.45, 7) is 1.89. The maximum atomic E-state index is 11.1. The summed E-state index contributed by atoms with van der Waals surface area (Å²) in [5.41, 5.74) is 5.16. The van der Waals surface area contributed by atoms with Gasteiger partial charge in [0.1, 0.15) is 5.25 Å². The Labute approximate surface area is 67.9 Å². The highest BCUT2D eigenvalue weighted by Gasteiger charge is 2.16. The van der Waals surface area contributed by atoms with Crippen LogP contribution in [0.15, 0.2) is 0 Å². The summed E-state index contributed by atoms with van der Waals surface area (Å²) in [6, 6.07) is 0. The first-order valence-electron chi connectivity index (χ1n) is 3.42. The Morgan fingerprint density at radius 2 is 2.18 bits per heavy atom. The molecule has 0 saturated carbocycles. The van der Waals surface area contributed by atoms with Gasteiger partial charge in [0.25, 0.3) is 0 Å². The molecule has 4 heteroatoms. The largest absolute Gasteiger partial charge is 0.330 e. The normalized spacial score (nSPS) is 13.9. The van der Waals surface area contributed by atoms with Crippen LogP contribution in [0.1, 0.15) is 13.3 Å². The number of hydrogen-bond acceptors (Lipinski definition) is 3. The lowest BCUT2D eigenvalue weighted by atomic mass is 10.5. The van der Waals surface area contributed by atoms with Crippen LogP contribution in [-0.2, 0) is 9.84 Å². The van der Waals surface area contributed by atoms with Crippen LogP contribution in [0.4, 0.5) is 0 Å². The van der Waals surface area contributed by atoms with Crippen molar-refractivity contribution in [2.75, 3.05) is 12.3 Å². The van der Waals surface area contributed by atoms with Gasteiger partial charge in [0.2, 0.25) is 0 Å². The topological polar surface area (TPSA) is 60.2 Å². The van der Waals surface area contributed by atoms with E-state index in [1.165, 1.54) is 6.92 Å². The molecule has 0 aromatic heterocycles. The van der Waals surface area contributed by atoms with Crippen LogP contribution >= 0.6 is 0 Å². The molecule has 1 atom stereocenters. The maximum Gasteiger partial charge on any atom is 0.164 e. The summed E-state index contributed by atoms with van der Waals surface area (Å²) in [6.07, 6.45) is 5.45. The van der Waals surface area contributed by atoms with Crippen molar-refractivity contribution in [1.82, 2.24) is 0 Å². The van der Waals surface area contributed by atoms with E-state index in [1.807, 2.05) is 0 Å². The zero-order valence-corrected chi connectivity index (χ0v) is 7.39. The Balaban J connectivity index is 4.15. The van der Waals surface area contributed by atoms with E-state index in [-0.39, 0.29) is 5.75 Å². The monoisotopic (exact) mass is 175 g/mol. The smallest absolute Gasteiger partial charge is 0.164 e. The van der Waals surface area contributed by atoms with E-state index < -0.39 is 15.1 Å². The SMILES string of the molecule is C#CC(C)S(=O)(=O)CCCN. The Morgan fingerprint density at radius 1 is 1.64 bits per heavy atom. The van der Waals surface area contributed by atoms with Crippen LogP contribution in [0, 0.1) is 12.3 Å². The van der Waals surface area contributed by atoms with Crippen molar-refractivity contribution in [3.05, 3.63) is 0 Å². The van der Waals surface area contributed by atoms with Crippen molar-refractivity contribution in [2.24, 2.45) is 5.73 Å². The van der Waals surface area contributed by atoms with Crippen molar-refractivity contribution in [3.8, 4) is 12.3 Å². The lowest BCUT2D eigenvalue weighted by Crippen LogP contribution is -2.20. The summed E-state index contributed by atoms with van der Waals surface area (Å²) in [7, 11) is -3.09. The Morgan fingerprint density at radius 3 is 2.55 bits per heavy atom. The van der Waals surface area contributed by atoms with Gasteiger partial charge in [-0.1, -0.05) is 5.92 Å². The fourth-order valence-electron chi connectivity index (χ4n) is 0.565. The maximum absolute atomic E-state index is 11.1. The van der Waals surface area contributed by atoms with Crippen molar-refractivity contribution in [3.63, 3.8) is 0 Å². The fourth-order valence-corrected chi connectivity index (χ4v) is 1.69. The van der Waals surface area contributed by atoms with E-state index in [2.05, 4.69) is 5.92 Å². The minimum absolute atomic E-state index is 0.0921. The fraction of sp³-hybridized carbons (Fsp3) is 0.714. The van der Waals surface area contributed by atoms with Crippen molar-refractivity contribution in [2.45, 2.75) is 18.6 Å². The zero-order valence-electron chi connectivity index (χ0n) is 6.58. The summed E-state index contributed by atoms with van der Waals surface area (Å²) in [5.74, 6) is 2.28. The van der Waals surface area contributed by atoms with Crippen molar-refractivity contribution >= 4 is 9.84 Å². The van der Waals surface area contributed by atoms with E-state index in [0.29, 0.717) is 13.0 Å². The number of hydrogen-bond donors (Lipinski definition) is 1. The van der Waals surface area contributed by atoms with Crippen LogP contribution in [0.2, 0.25) is 0 Å². The summed E-state index contributed by atoms with van der Waals surface area (Å²) in [5, 5.41) is -0.686. The minimum Gasteiger partial charge on any atom is -0.330 e. The van der Waals surface area contributed by atoms with Gasteiger partial charge in [-0.15, -0.1) is 6.42 Å². The van der Waals surface area contributed by atoms with Crippen LogP contribution in [-0.4, -0.2) is 26.0 Å². The molecule has 3 nitrogen and oxygen atoms in total. The molecule has 0 spiro atoms. The quantitative estimate of drug-likeness (QED) is 0.600. The first kappa shape index (κ1) is 10.5. The Kier molecular flexibility index (Phi) is 4.16. The van der Waals surface area contributed by atoms with Crippen LogP contribution < -0.4 is 5.73 Å². The van der Waals surface area contributed by atoms with E-state index in [0.717, 1.165) is 0 Å². The molecule has 0 fully saturated rings. The van der Waals surface area contributed by atoms with Gasteiger partial charge in [0, 0.05) is 0 Å². The molecule has 0 saturated heterocycles. The van der Waals surface area contributed by atoms with Gasteiger partial charge in [-0.05, 0) is 19.9 Å². The third-order valence-corrected chi connectivity index (χ3v) is 3.48. The molecule has 0 aliphatic carbocycles. The molecule has 0 rings (SSSR count). The average molecular weight is 175 g/mol. The van der Waals surface area contributed by atoms with Crippen LogP contribution in [0.5, 0.6) is 0 Å². The first-order chi connectivity index (χ1) is 5.04. The highest BCUT2D eigenvalue weighted by molar-refractivity contribution is 7.92. The van der Waals surface area contributed by atoms with E-state index >= 15 is 0 Å². The Hall–Kier alpha value is -0.530. The standard InChI is InChI=1S/C7H13NO2S/c1-3-7(2)11(9,10)6-4-5-8/h1,7H,4-6,8H2,2H3. The van der Waals surface area contributed by atoms with Gasteiger partial charge in [0.05, 0.1) is 5.75 Å². The van der Waals surface area contributed by atoms with E-state index in [4.69, 9.17) is 12.2 Å². The van der Waals surface area contributed by atoms with Gasteiger partial charge in [-0.2, -0.15) is 0 Å². The van der Waals surface area contributed by atoms with Gasteiger partial charge < -0.3 is 5.73 Å². The third-order valence-electron chi connectivity index (χ3n) is 1.41. The molecule has 0 bridgehead atoms. The predicted octanol–water partition coefficient (Wildman–Crippen LogP) is -0.228. The Bertz CT molecular complexity index is 238. The molecular weight excluding hydrogens is 162 g/mol. The van der Waals surface area contributed by atoms with Crippen molar-refractivity contribution < 1.29 is 8.42 Å². The van der Waals surface area contributed by atoms with Crippen LogP contribution in [0.25, 0.3) is 0 Å². The van der Waals surface area contributed by atoms with Crippen LogP contribution in [0.3, 0.4) is 0 Å². The predicted molar refractivity (Wildman–Crippen MR) is 45.8 cm³/mol. The lowest BCUT2D eigenvalue weighted by molar-refractivity contribution is 0.590. The van der Waals surface area contributed by atoms with E-state index in [9.17, 15) is 8.42 Å². The molecule has 1 unspecified atom stereocenters. The molecule has 0 aliphatic rings. The highest BCUT2D eigenvalue weighted by Crippen LogP contribution is 2.01. The molecule has 0 amide bonds. The number of terminal acetylenes is 1. The summed E-state index contributed by atoms with van der Waals surface area (Å²) in [4.78, 5) is 0.